The predicted molar refractivity (Wildman–Crippen MR) is 120 cm³/mol. The van der Waals surface area contributed by atoms with E-state index in [0.717, 1.165) is 12.1 Å². The molecule has 1 amide bonds. The molecule has 176 valence electrons. The van der Waals surface area contributed by atoms with Gasteiger partial charge in [-0.05, 0) is 30.3 Å². The van der Waals surface area contributed by atoms with Crippen molar-refractivity contribution in [1.29, 1.82) is 0 Å². The number of fused-ring (bicyclic) bond motifs is 4. The van der Waals surface area contributed by atoms with Crippen molar-refractivity contribution < 1.29 is 22.7 Å². The number of nitrogens with one attached hydrogen (secondary N) is 1. The molecular formula is C23H16F3N7O2. The summed E-state index contributed by atoms with van der Waals surface area (Å²) in [5.41, 5.74) is 8.24. The summed E-state index contributed by atoms with van der Waals surface area (Å²) in [5.74, 6) is 0.0104. The average molecular weight is 479 g/mol. The van der Waals surface area contributed by atoms with E-state index in [0.29, 0.717) is 39.2 Å². The Balaban J connectivity index is 1.45. The molecular weight excluding hydrogens is 463 g/mol. The first-order chi connectivity index (χ1) is 16.8. The van der Waals surface area contributed by atoms with Gasteiger partial charge in [-0.3, -0.25) is 19.2 Å². The Labute approximate surface area is 195 Å². The lowest BCUT2D eigenvalue weighted by Gasteiger charge is -2.27. The first kappa shape index (κ1) is 21.0. The summed E-state index contributed by atoms with van der Waals surface area (Å²) in [6.07, 6.45) is 1.67. The van der Waals surface area contributed by atoms with Crippen molar-refractivity contribution in [1.82, 2.24) is 24.6 Å². The molecule has 0 bridgehead atoms. The number of carbonyl (C=O) groups is 1. The van der Waals surface area contributed by atoms with Crippen LogP contribution in [0.4, 0.5) is 24.7 Å². The van der Waals surface area contributed by atoms with Gasteiger partial charge in [0.25, 0.3) is 5.91 Å². The van der Waals surface area contributed by atoms with Crippen LogP contribution in [0.2, 0.25) is 0 Å². The fourth-order valence-electron chi connectivity index (χ4n) is 4.34. The zero-order chi connectivity index (χ0) is 24.3. The quantitative estimate of drug-likeness (QED) is 0.405. The molecule has 3 N–H and O–H groups in total. The number of aromatic amines is 1. The third-order valence-electron chi connectivity index (χ3n) is 6.01. The van der Waals surface area contributed by atoms with Crippen LogP contribution in [0.5, 0.6) is 5.75 Å². The molecule has 0 saturated heterocycles. The number of imidazole rings is 1. The lowest BCUT2D eigenvalue weighted by atomic mass is 10.0. The molecule has 0 aliphatic carbocycles. The second kappa shape index (κ2) is 7.45. The highest BCUT2D eigenvalue weighted by molar-refractivity contribution is 6.08. The van der Waals surface area contributed by atoms with E-state index in [2.05, 4.69) is 20.2 Å². The van der Waals surface area contributed by atoms with E-state index in [4.69, 9.17) is 10.5 Å². The van der Waals surface area contributed by atoms with E-state index in [9.17, 15) is 18.0 Å². The number of H-pyrrole nitrogens is 1. The lowest BCUT2D eigenvalue weighted by Crippen LogP contribution is -2.35. The number of anilines is 2. The van der Waals surface area contributed by atoms with Gasteiger partial charge in [0, 0.05) is 17.3 Å². The smallest absolute Gasteiger partial charge is 0.416 e. The monoisotopic (exact) mass is 479 g/mol. The summed E-state index contributed by atoms with van der Waals surface area (Å²) in [4.78, 5) is 23.8. The van der Waals surface area contributed by atoms with E-state index in [1.165, 1.54) is 23.4 Å². The Morgan fingerprint density at radius 2 is 2.03 bits per heavy atom. The fourth-order valence-corrected chi connectivity index (χ4v) is 4.34. The van der Waals surface area contributed by atoms with Crippen LogP contribution in [0.3, 0.4) is 0 Å². The maximum absolute atomic E-state index is 13.8. The van der Waals surface area contributed by atoms with Crippen LogP contribution in [0.15, 0.2) is 61.3 Å². The van der Waals surface area contributed by atoms with Gasteiger partial charge in [0.1, 0.15) is 23.7 Å². The number of nitrogens with zero attached hydrogens (tertiary/aromatic N) is 5. The highest BCUT2D eigenvalue weighted by atomic mass is 19.4. The Hall–Kier alpha value is -4.61. The first-order valence-electron chi connectivity index (χ1n) is 10.5. The summed E-state index contributed by atoms with van der Waals surface area (Å²) < 4.78 is 46.8. The zero-order valence-electron chi connectivity index (χ0n) is 17.8. The predicted octanol–water partition coefficient (Wildman–Crippen LogP) is 3.99. The summed E-state index contributed by atoms with van der Waals surface area (Å²) in [6, 6.07) is 7.60. The number of hydrogen-bond acceptors (Lipinski definition) is 6. The second-order valence-electron chi connectivity index (χ2n) is 8.06. The number of ether oxygens (including phenoxy) is 1. The van der Waals surface area contributed by atoms with Gasteiger partial charge >= 0.3 is 6.18 Å². The van der Waals surface area contributed by atoms with Crippen LogP contribution in [0.25, 0.3) is 16.6 Å². The fraction of sp³-hybridized carbons (Fsp3) is 0.130. The Bertz CT molecular complexity index is 1590. The summed E-state index contributed by atoms with van der Waals surface area (Å²) in [7, 11) is 0. The van der Waals surface area contributed by atoms with Gasteiger partial charge in [-0.15, -0.1) is 0 Å². The van der Waals surface area contributed by atoms with Crippen molar-refractivity contribution in [3.05, 3.63) is 78.0 Å². The number of hydrogen-bond donors (Lipinski definition) is 2. The molecule has 0 fully saturated rings. The molecule has 35 heavy (non-hydrogen) atoms. The van der Waals surface area contributed by atoms with Crippen LogP contribution in [-0.4, -0.2) is 37.1 Å². The normalized spacial score (nSPS) is 15.3. The van der Waals surface area contributed by atoms with E-state index < -0.39 is 17.8 Å². The number of carbonyl (C=O) groups excluding carboxylic acids is 1. The highest BCUT2D eigenvalue weighted by Gasteiger charge is 2.38. The number of nitrogen functional groups attached to an aromatic ring is 1. The highest BCUT2D eigenvalue weighted by Crippen LogP contribution is 2.42. The van der Waals surface area contributed by atoms with Crippen molar-refractivity contribution in [2.24, 2.45) is 0 Å². The third-order valence-corrected chi connectivity index (χ3v) is 6.01. The molecule has 9 nitrogen and oxygen atoms in total. The molecule has 2 aromatic carbocycles. The molecule has 0 saturated carbocycles. The van der Waals surface area contributed by atoms with Crippen LogP contribution >= 0.6 is 0 Å². The zero-order valence-corrected chi connectivity index (χ0v) is 17.8. The van der Waals surface area contributed by atoms with Gasteiger partial charge in [-0.25, -0.2) is 9.97 Å². The van der Waals surface area contributed by atoms with E-state index >= 15 is 0 Å². The van der Waals surface area contributed by atoms with E-state index in [1.54, 1.807) is 35.1 Å². The molecule has 0 unspecified atom stereocenters. The number of halogens is 3. The second-order valence-corrected chi connectivity index (χ2v) is 8.06. The van der Waals surface area contributed by atoms with Crippen molar-refractivity contribution in [2.75, 3.05) is 17.2 Å². The maximum Gasteiger partial charge on any atom is 0.416 e. The topological polar surface area (TPSA) is 114 Å². The Kier molecular flexibility index (Phi) is 4.46. The number of rotatable bonds is 3. The summed E-state index contributed by atoms with van der Waals surface area (Å²) in [6.45, 7) is -0.00893. The minimum absolute atomic E-state index is 0.00893. The van der Waals surface area contributed by atoms with Gasteiger partial charge < -0.3 is 10.5 Å². The molecule has 4 heterocycles. The third kappa shape index (κ3) is 3.33. The van der Waals surface area contributed by atoms with Crippen molar-refractivity contribution in [2.45, 2.75) is 12.2 Å². The minimum Gasteiger partial charge on any atom is -0.491 e. The largest absolute Gasteiger partial charge is 0.491 e. The molecule has 3 aromatic heterocycles. The summed E-state index contributed by atoms with van der Waals surface area (Å²) in [5, 5.41) is 6.62. The number of amides is 1. The van der Waals surface area contributed by atoms with Gasteiger partial charge in [0.15, 0.2) is 0 Å². The summed E-state index contributed by atoms with van der Waals surface area (Å²) >= 11 is 0. The van der Waals surface area contributed by atoms with Crippen molar-refractivity contribution in [3.8, 4) is 5.75 Å². The van der Waals surface area contributed by atoms with Crippen LogP contribution in [0, 0.1) is 0 Å². The first-order valence-corrected chi connectivity index (χ1v) is 10.5. The van der Waals surface area contributed by atoms with E-state index in [-0.39, 0.29) is 18.3 Å². The number of benzene rings is 2. The lowest BCUT2D eigenvalue weighted by molar-refractivity contribution is -0.137. The standard InChI is InChI=1S/C23H16F3N7O2/c24-23(25,26)13-2-3-15-19(10-35-20(15)6-13)33(14-7-29-30-8-14)22(34)12-1-4-16-17(5-12)32-11-28-9-18(32)21(27)31-16/h1-9,11,19H,10H2,(H2,27,31)(H,29,30)/t19-/m1/s1. The molecule has 1 aliphatic rings. The Morgan fingerprint density at radius 3 is 2.80 bits per heavy atom. The van der Waals surface area contributed by atoms with Gasteiger partial charge in [0.05, 0.1) is 47.0 Å². The van der Waals surface area contributed by atoms with Crippen molar-refractivity contribution in [3.63, 3.8) is 0 Å². The molecule has 0 spiro atoms. The average Bonchev–Trinajstić information content (AvgIpc) is 3.60. The minimum atomic E-state index is -4.50. The van der Waals surface area contributed by atoms with Gasteiger partial charge in [-0.1, -0.05) is 6.07 Å². The maximum atomic E-state index is 13.8. The molecule has 1 aliphatic heterocycles. The van der Waals surface area contributed by atoms with E-state index in [1.807, 2.05) is 0 Å². The van der Waals surface area contributed by atoms with Crippen LogP contribution in [0.1, 0.15) is 27.5 Å². The number of alkyl halides is 3. The number of nitrogens with two attached hydrogens (primary N) is 1. The SMILES string of the molecule is Nc1nc2ccc(C(=O)N(c3cn[nH]c3)[C@@H]3COc4cc(C(F)(F)F)ccc43)cc2n2cncc12. The molecule has 5 aromatic rings. The number of aromatic nitrogens is 5. The molecule has 12 heteroatoms. The van der Waals surface area contributed by atoms with Crippen LogP contribution < -0.4 is 15.4 Å². The van der Waals surface area contributed by atoms with Crippen molar-refractivity contribution >= 4 is 34.0 Å². The molecule has 0 radical (unpaired) electrons. The van der Waals surface area contributed by atoms with Gasteiger partial charge in [0.2, 0.25) is 0 Å². The molecule has 6 rings (SSSR count). The van der Waals surface area contributed by atoms with Crippen LogP contribution in [-0.2, 0) is 6.18 Å². The molecule has 1 atom stereocenters. The van der Waals surface area contributed by atoms with Gasteiger partial charge in [-0.2, -0.15) is 18.3 Å². The Morgan fingerprint density at radius 1 is 1.17 bits per heavy atom.